The molecule has 262 valence electrons. The lowest BCUT2D eigenvalue weighted by molar-refractivity contribution is -0.156. The van der Waals surface area contributed by atoms with Crippen LogP contribution in [-0.4, -0.2) is 37.1 Å². The summed E-state index contributed by atoms with van der Waals surface area (Å²) in [6.45, 7) is 12.6. The Morgan fingerprint density at radius 3 is 1.25 bits per heavy atom. The lowest BCUT2D eigenvalue weighted by atomic mass is 9.87. The highest BCUT2D eigenvalue weighted by molar-refractivity contribution is 6.47. The van der Waals surface area contributed by atoms with Crippen molar-refractivity contribution < 1.29 is 38.1 Å². The summed E-state index contributed by atoms with van der Waals surface area (Å²) in [4.78, 5) is 52.9. The maximum Gasteiger partial charge on any atom is 0.423 e. The van der Waals surface area contributed by atoms with Crippen LogP contribution in [0.1, 0.15) is 87.9 Å². The molecule has 6 unspecified atom stereocenters. The third kappa shape index (κ3) is 7.54. The SMILES string of the molecule is CCC(C)C1(COC(=O)c2c(Cl)c(Cl)cc(Cl)c2OC(=O)C(=O)Oc2c(Cl)cc(Cl)c(Cl)c2C(=O)OCC2(C(C)CC)CC2C)CC1C. The van der Waals surface area contributed by atoms with E-state index in [1.807, 2.05) is 0 Å². The molecule has 14 heteroatoms. The molecule has 2 aliphatic carbocycles. The lowest BCUT2D eigenvalue weighted by Gasteiger charge is -2.24. The topological polar surface area (TPSA) is 105 Å². The first-order valence-electron chi connectivity index (χ1n) is 15.6. The Morgan fingerprint density at radius 2 is 0.979 bits per heavy atom. The van der Waals surface area contributed by atoms with Gasteiger partial charge in [-0.05, 0) is 48.6 Å². The maximum atomic E-state index is 13.3. The fourth-order valence-electron chi connectivity index (χ4n) is 6.43. The van der Waals surface area contributed by atoms with Crippen molar-refractivity contribution in [2.24, 2.45) is 34.5 Å². The minimum absolute atomic E-state index is 0.0873. The van der Waals surface area contributed by atoms with Crippen LogP contribution in [0, 0.1) is 34.5 Å². The summed E-state index contributed by atoms with van der Waals surface area (Å²) < 4.78 is 21.8. The molecule has 0 N–H and O–H groups in total. The molecule has 6 atom stereocenters. The standard InChI is InChI=1S/C34H36Cl6O8/c1-7-15(3)33(11-17(33)5)13-45-29(41)23-25(39)19(35)9-21(37)27(23)47-31(43)32(44)48-28-22(38)10-20(36)26(40)24(28)30(42)46-14-34(12-18(34)6)16(4)8-2/h9-10,15-18H,7-8,11-14H2,1-6H3. The minimum Gasteiger partial charge on any atom is -0.461 e. The fourth-order valence-corrected chi connectivity index (χ4v) is 7.87. The number of benzene rings is 2. The van der Waals surface area contributed by atoms with Crippen molar-refractivity contribution in [1.29, 1.82) is 0 Å². The van der Waals surface area contributed by atoms with Crippen molar-refractivity contribution in [3.05, 3.63) is 53.4 Å². The van der Waals surface area contributed by atoms with Gasteiger partial charge in [0.25, 0.3) is 0 Å². The van der Waals surface area contributed by atoms with E-state index in [0.717, 1.165) is 37.8 Å². The summed E-state index contributed by atoms with van der Waals surface area (Å²) in [5.41, 5.74) is -1.32. The van der Waals surface area contributed by atoms with Gasteiger partial charge in [0.2, 0.25) is 0 Å². The second-order valence-electron chi connectivity index (χ2n) is 12.9. The first kappa shape index (κ1) is 38.9. The summed E-state index contributed by atoms with van der Waals surface area (Å²) in [6, 6.07) is 2.27. The molecule has 0 aromatic heterocycles. The molecule has 0 spiro atoms. The van der Waals surface area contributed by atoms with Crippen molar-refractivity contribution in [3.63, 3.8) is 0 Å². The summed E-state index contributed by atoms with van der Waals surface area (Å²) in [7, 11) is 0. The van der Waals surface area contributed by atoms with Gasteiger partial charge >= 0.3 is 23.9 Å². The molecule has 2 fully saturated rings. The second kappa shape index (κ2) is 15.1. The van der Waals surface area contributed by atoms with E-state index in [2.05, 4.69) is 41.5 Å². The average molecular weight is 785 g/mol. The normalized spacial score (nSPS) is 23.9. The van der Waals surface area contributed by atoms with E-state index >= 15 is 0 Å². The molecule has 2 saturated carbocycles. The third-order valence-electron chi connectivity index (χ3n) is 10.4. The van der Waals surface area contributed by atoms with Crippen LogP contribution in [0.3, 0.4) is 0 Å². The Morgan fingerprint density at radius 1 is 0.667 bits per heavy atom. The molecule has 0 bridgehead atoms. The molecule has 4 rings (SSSR count). The molecule has 2 aromatic rings. The van der Waals surface area contributed by atoms with Crippen molar-refractivity contribution in [2.45, 2.75) is 67.2 Å². The van der Waals surface area contributed by atoms with Gasteiger partial charge in [-0.25, -0.2) is 19.2 Å². The van der Waals surface area contributed by atoms with Gasteiger partial charge < -0.3 is 18.9 Å². The maximum absolute atomic E-state index is 13.3. The zero-order valence-corrected chi connectivity index (χ0v) is 31.8. The number of rotatable bonds is 12. The van der Waals surface area contributed by atoms with Gasteiger partial charge in [-0.1, -0.05) is 124 Å². The smallest absolute Gasteiger partial charge is 0.423 e. The van der Waals surface area contributed by atoms with Crippen LogP contribution in [-0.2, 0) is 19.1 Å². The van der Waals surface area contributed by atoms with Gasteiger partial charge in [0.1, 0.15) is 11.1 Å². The fraction of sp³-hybridized carbons (Fsp3) is 0.529. The molecule has 0 aliphatic heterocycles. The summed E-state index contributed by atoms with van der Waals surface area (Å²) >= 11 is 37.7. The molecular weight excluding hydrogens is 749 g/mol. The number of ether oxygens (including phenoxy) is 4. The number of esters is 4. The first-order valence-corrected chi connectivity index (χ1v) is 17.9. The van der Waals surface area contributed by atoms with Crippen LogP contribution in [0.5, 0.6) is 11.5 Å². The number of carbonyl (C=O) groups excluding carboxylic acids is 4. The van der Waals surface area contributed by atoms with Gasteiger partial charge in [-0.3, -0.25) is 0 Å². The van der Waals surface area contributed by atoms with E-state index in [4.69, 9.17) is 88.6 Å². The average Bonchev–Trinajstić information content (AvgIpc) is 3.92. The highest BCUT2D eigenvalue weighted by atomic mass is 35.5. The van der Waals surface area contributed by atoms with Gasteiger partial charge in [-0.15, -0.1) is 0 Å². The second-order valence-corrected chi connectivity index (χ2v) is 15.3. The zero-order valence-electron chi connectivity index (χ0n) is 27.2. The first-order chi connectivity index (χ1) is 22.4. The van der Waals surface area contributed by atoms with Crippen LogP contribution in [0.2, 0.25) is 30.1 Å². The third-order valence-corrected chi connectivity index (χ3v) is 12.5. The van der Waals surface area contributed by atoms with Crippen LogP contribution >= 0.6 is 69.6 Å². The number of hydrogen-bond donors (Lipinski definition) is 0. The summed E-state index contributed by atoms with van der Waals surface area (Å²) in [5, 5.41) is -1.46. The van der Waals surface area contributed by atoms with Crippen molar-refractivity contribution >= 4 is 93.5 Å². The summed E-state index contributed by atoms with van der Waals surface area (Å²) in [6.07, 6.45) is 3.52. The highest BCUT2D eigenvalue weighted by Gasteiger charge is 2.56. The van der Waals surface area contributed by atoms with E-state index in [1.54, 1.807) is 0 Å². The number of carbonyl (C=O) groups is 4. The van der Waals surface area contributed by atoms with Crippen LogP contribution in [0.15, 0.2) is 12.1 Å². The predicted molar refractivity (Wildman–Crippen MR) is 186 cm³/mol. The van der Waals surface area contributed by atoms with Gasteiger partial charge in [0, 0.05) is 10.8 Å². The van der Waals surface area contributed by atoms with Gasteiger partial charge in [0.05, 0.1) is 43.3 Å². The van der Waals surface area contributed by atoms with E-state index < -0.39 is 46.5 Å². The van der Waals surface area contributed by atoms with Crippen LogP contribution in [0.25, 0.3) is 0 Å². The van der Waals surface area contributed by atoms with Gasteiger partial charge in [0.15, 0.2) is 11.5 Å². The van der Waals surface area contributed by atoms with Crippen molar-refractivity contribution in [3.8, 4) is 11.5 Å². The largest absolute Gasteiger partial charge is 0.461 e. The molecule has 0 heterocycles. The minimum atomic E-state index is -1.64. The van der Waals surface area contributed by atoms with E-state index in [1.165, 1.54) is 0 Å². The Bertz CT molecular complexity index is 1530. The molecule has 48 heavy (non-hydrogen) atoms. The molecule has 8 nitrogen and oxygen atoms in total. The molecular formula is C34H36Cl6O8. The number of halogens is 6. The van der Waals surface area contributed by atoms with E-state index in [9.17, 15) is 19.2 Å². The van der Waals surface area contributed by atoms with E-state index in [-0.39, 0.29) is 66.0 Å². The quantitative estimate of drug-likeness (QED) is 0.0907. The van der Waals surface area contributed by atoms with E-state index in [0.29, 0.717) is 11.8 Å². The Kier molecular flexibility index (Phi) is 12.2. The van der Waals surface area contributed by atoms with Crippen LogP contribution in [0.4, 0.5) is 0 Å². The molecule has 0 saturated heterocycles. The lowest BCUT2D eigenvalue weighted by Crippen LogP contribution is -2.28. The monoisotopic (exact) mass is 782 g/mol. The van der Waals surface area contributed by atoms with Crippen LogP contribution < -0.4 is 9.47 Å². The van der Waals surface area contributed by atoms with Crippen molar-refractivity contribution in [1.82, 2.24) is 0 Å². The molecule has 2 aromatic carbocycles. The van der Waals surface area contributed by atoms with Crippen molar-refractivity contribution in [2.75, 3.05) is 13.2 Å². The molecule has 0 radical (unpaired) electrons. The Hall–Kier alpha value is -1.94. The summed E-state index contributed by atoms with van der Waals surface area (Å²) in [5.74, 6) is -5.13. The molecule has 0 amide bonds. The predicted octanol–water partition coefficient (Wildman–Crippen LogP) is 10.6. The van der Waals surface area contributed by atoms with Gasteiger partial charge in [-0.2, -0.15) is 0 Å². The molecule has 2 aliphatic rings. The Labute approximate surface area is 309 Å². The Balaban J connectivity index is 1.56. The highest BCUT2D eigenvalue weighted by Crippen LogP contribution is 2.59. The number of hydrogen-bond acceptors (Lipinski definition) is 8. The zero-order chi connectivity index (χ0) is 35.9.